The molecule has 0 spiro atoms. The Bertz CT molecular complexity index is 479. The molecule has 0 radical (unpaired) electrons. The van der Waals surface area contributed by atoms with Gasteiger partial charge in [-0.25, -0.2) is 0 Å². The molecule has 2 aliphatic heterocycles. The lowest BCUT2D eigenvalue weighted by Crippen LogP contribution is -2.50. The zero-order chi connectivity index (χ0) is 16.9. The third-order valence-corrected chi connectivity index (χ3v) is 6.85. The Labute approximate surface area is 140 Å². The molecular formula is C16H31N3O3S. The Morgan fingerprint density at radius 1 is 1.04 bits per heavy atom. The number of amides is 1. The predicted octanol–water partition coefficient (Wildman–Crippen LogP) is 1.59. The zero-order valence-corrected chi connectivity index (χ0v) is 15.3. The first-order chi connectivity index (χ1) is 10.9. The summed E-state index contributed by atoms with van der Waals surface area (Å²) in [5.74, 6) is 0.613. The molecule has 23 heavy (non-hydrogen) atoms. The van der Waals surface area contributed by atoms with Gasteiger partial charge in [-0.2, -0.15) is 17.0 Å². The van der Waals surface area contributed by atoms with Crippen molar-refractivity contribution in [2.24, 2.45) is 11.8 Å². The molecule has 0 atom stereocenters. The van der Waals surface area contributed by atoms with Gasteiger partial charge in [-0.15, -0.1) is 0 Å². The van der Waals surface area contributed by atoms with Crippen LogP contribution in [0.3, 0.4) is 0 Å². The lowest BCUT2D eigenvalue weighted by molar-refractivity contribution is -0.126. The Balaban J connectivity index is 1.79. The minimum absolute atomic E-state index is 0.0463. The van der Waals surface area contributed by atoms with E-state index in [0.29, 0.717) is 51.5 Å². The summed E-state index contributed by atoms with van der Waals surface area (Å²) in [6, 6.07) is 0. The molecule has 0 aliphatic carbocycles. The molecule has 0 saturated carbocycles. The van der Waals surface area contributed by atoms with Crippen LogP contribution in [0.5, 0.6) is 0 Å². The molecule has 2 heterocycles. The summed E-state index contributed by atoms with van der Waals surface area (Å²) >= 11 is 0. The average Bonchev–Trinajstić information content (AvgIpc) is 2.55. The van der Waals surface area contributed by atoms with E-state index in [-0.39, 0.29) is 11.8 Å². The van der Waals surface area contributed by atoms with Crippen molar-refractivity contribution < 1.29 is 13.2 Å². The van der Waals surface area contributed by atoms with E-state index in [0.717, 1.165) is 25.7 Å². The van der Waals surface area contributed by atoms with Gasteiger partial charge in [0, 0.05) is 38.6 Å². The molecule has 0 aromatic carbocycles. The number of piperidine rings is 2. The predicted molar refractivity (Wildman–Crippen MR) is 91.1 cm³/mol. The van der Waals surface area contributed by atoms with Gasteiger partial charge in [0.2, 0.25) is 5.91 Å². The molecule has 2 saturated heterocycles. The van der Waals surface area contributed by atoms with Crippen LogP contribution in [-0.4, -0.2) is 55.7 Å². The quantitative estimate of drug-likeness (QED) is 0.795. The van der Waals surface area contributed by atoms with E-state index in [1.807, 2.05) is 0 Å². The Kier molecular flexibility index (Phi) is 6.85. The topological polar surface area (TPSA) is 69.7 Å². The first-order valence-corrected chi connectivity index (χ1v) is 10.3. The minimum atomic E-state index is -3.33. The summed E-state index contributed by atoms with van der Waals surface area (Å²) in [5, 5.41) is 2.98. The minimum Gasteiger partial charge on any atom is -0.356 e. The number of hydrogen-bond donors (Lipinski definition) is 1. The molecule has 2 fully saturated rings. The number of hydrogen-bond acceptors (Lipinski definition) is 3. The van der Waals surface area contributed by atoms with Crippen molar-refractivity contribution in [1.29, 1.82) is 0 Å². The summed E-state index contributed by atoms with van der Waals surface area (Å²) in [6.45, 7) is 7.17. The molecule has 1 amide bonds. The third-order valence-electron chi connectivity index (χ3n) is 4.81. The Morgan fingerprint density at radius 2 is 1.61 bits per heavy atom. The fourth-order valence-corrected chi connectivity index (χ4v) is 4.95. The van der Waals surface area contributed by atoms with E-state index >= 15 is 0 Å². The fourth-order valence-electron chi connectivity index (χ4n) is 3.24. The molecule has 7 heteroatoms. The molecule has 6 nitrogen and oxygen atoms in total. The van der Waals surface area contributed by atoms with Gasteiger partial charge in [0.25, 0.3) is 10.2 Å². The summed E-state index contributed by atoms with van der Waals surface area (Å²) in [4.78, 5) is 12.1. The second kappa shape index (κ2) is 8.44. The monoisotopic (exact) mass is 345 g/mol. The van der Waals surface area contributed by atoms with Crippen LogP contribution in [0.25, 0.3) is 0 Å². The van der Waals surface area contributed by atoms with Gasteiger partial charge in [-0.3, -0.25) is 4.79 Å². The van der Waals surface area contributed by atoms with Gasteiger partial charge in [-0.05, 0) is 38.0 Å². The summed E-state index contributed by atoms with van der Waals surface area (Å²) in [5.41, 5.74) is 0. The van der Waals surface area contributed by atoms with Crippen LogP contribution in [0.4, 0.5) is 0 Å². The molecule has 134 valence electrons. The van der Waals surface area contributed by atoms with E-state index in [1.54, 1.807) is 8.61 Å². The smallest absolute Gasteiger partial charge is 0.281 e. The molecule has 0 bridgehead atoms. The number of rotatable bonds is 6. The molecule has 0 aromatic heterocycles. The van der Waals surface area contributed by atoms with Crippen molar-refractivity contribution in [2.75, 3.05) is 32.7 Å². The lowest BCUT2D eigenvalue weighted by atomic mass is 9.97. The number of nitrogens with zero attached hydrogens (tertiary/aromatic N) is 2. The standard InChI is InChI=1S/C16H31N3O3S/c1-14(2)6-9-17-16(20)15-7-12-19(13-8-15)23(21,22)18-10-4-3-5-11-18/h14-15H,3-13H2,1-2H3,(H,17,20). The van der Waals surface area contributed by atoms with Crippen molar-refractivity contribution in [3.05, 3.63) is 0 Å². The van der Waals surface area contributed by atoms with Crippen LogP contribution in [0.2, 0.25) is 0 Å². The van der Waals surface area contributed by atoms with Crippen LogP contribution in [0.1, 0.15) is 52.4 Å². The van der Waals surface area contributed by atoms with E-state index in [4.69, 9.17) is 0 Å². The zero-order valence-electron chi connectivity index (χ0n) is 14.5. The average molecular weight is 346 g/mol. The number of nitrogens with one attached hydrogen (secondary N) is 1. The summed E-state index contributed by atoms with van der Waals surface area (Å²) in [7, 11) is -3.33. The highest BCUT2D eigenvalue weighted by molar-refractivity contribution is 7.86. The van der Waals surface area contributed by atoms with Gasteiger partial charge >= 0.3 is 0 Å². The van der Waals surface area contributed by atoms with Gasteiger partial charge in [0.15, 0.2) is 0 Å². The Hall–Kier alpha value is -0.660. The van der Waals surface area contributed by atoms with Gasteiger partial charge < -0.3 is 5.32 Å². The van der Waals surface area contributed by atoms with Gasteiger partial charge in [-0.1, -0.05) is 20.3 Å². The summed E-state index contributed by atoms with van der Waals surface area (Å²) in [6.07, 6.45) is 5.25. The van der Waals surface area contributed by atoms with Crippen LogP contribution in [-0.2, 0) is 15.0 Å². The van der Waals surface area contributed by atoms with Crippen LogP contribution in [0, 0.1) is 11.8 Å². The third kappa shape index (κ3) is 5.16. The van der Waals surface area contributed by atoms with Crippen LogP contribution < -0.4 is 5.32 Å². The Morgan fingerprint density at radius 3 is 2.17 bits per heavy atom. The SMILES string of the molecule is CC(C)CCNC(=O)C1CCN(S(=O)(=O)N2CCCCC2)CC1. The molecule has 2 aliphatic rings. The van der Waals surface area contributed by atoms with E-state index in [9.17, 15) is 13.2 Å². The highest BCUT2D eigenvalue weighted by Crippen LogP contribution is 2.23. The lowest BCUT2D eigenvalue weighted by Gasteiger charge is -2.35. The number of carbonyl (C=O) groups excluding carboxylic acids is 1. The largest absolute Gasteiger partial charge is 0.356 e. The maximum absolute atomic E-state index is 12.6. The normalized spacial score (nSPS) is 22.4. The van der Waals surface area contributed by atoms with E-state index in [2.05, 4.69) is 19.2 Å². The molecule has 2 rings (SSSR count). The molecule has 1 N–H and O–H groups in total. The second-order valence-electron chi connectivity index (χ2n) is 7.11. The second-order valence-corrected chi connectivity index (χ2v) is 9.04. The first kappa shape index (κ1) is 18.7. The first-order valence-electron chi connectivity index (χ1n) is 8.94. The van der Waals surface area contributed by atoms with E-state index in [1.165, 1.54) is 0 Å². The molecule has 0 unspecified atom stereocenters. The molecular weight excluding hydrogens is 314 g/mol. The van der Waals surface area contributed by atoms with Crippen LogP contribution >= 0.6 is 0 Å². The van der Waals surface area contributed by atoms with Crippen molar-refractivity contribution in [1.82, 2.24) is 13.9 Å². The van der Waals surface area contributed by atoms with E-state index < -0.39 is 10.2 Å². The summed E-state index contributed by atoms with van der Waals surface area (Å²) < 4.78 is 28.4. The van der Waals surface area contributed by atoms with Crippen molar-refractivity contribution >= 4 is 16.1 Å². The van der Waals surface area contributed by atoms with Gasteiger partial charge in [0.1, 0.15) is 0 Å². The fraction of sp³-hybridized carbons (Fsp3) is 0.938. The number of carbonyl (C=O) groups is 1. The highest BCUT2D eigenvalue weighted by Gasteiger charge is 2.35. The van der Waals surface area contributed by atoms with Crippen molar-refractivity contribution in [3.63, 3.8) is 0 Å². The molecule has 0 aromatic rings. The van der Waals surface area contributed by atoms with Crippen molar-refractivity contribution in [3.8, 4) is 0 Å². The van der Waals surface area contributed by atoms with Crippen molar-refractivity contribution in [2.45, 2.75) is 52.4 Å². The van der Waals surface area contributed by atoms with Gasteiger partial charge in [0.05, 0.1) is 0 Å². The maximum atomic E-state index is 12.6. The maximum Gasteiger partial charge on any atom is 0.281 e. The van der Waals surface area contributed by atoms with Crippen LogP contribution in [0.15, 0.2) is 0 Å². The highest BCUT2D eigenvalue weighted by atomic mass is 32.2.